The number of benzene rings is 1. The van der Waals surface area contributed by atoms with Crippen LogP contribution in [0.2, 0.25) is 0 Å². The minimum absolute atomic E-state index is 0.0970. The number of carbonyl (C=O) groups excluding carboxylic acids is 1. The largest absolute Gasteiger partial charge is 0.393 e. The number of Topliss-reactive ketones (excluding diaryl/α,β-unsaturated/α-hetero) is 1. The van der Waals surface area contributed by atoms with E-state index >= 15 is 0 Å². The molecule has 0 spiro atoms. The molecule has 0 aliphatic heterocycles. The lowest BCUT2D eigenvalue weighted by Gasteiger charge is -2.21. The Morgan fingerprint density at radius 1 is 1.08 bits per heavy atom. The highest BCUT2D eigenvalue weighted by Gasteiger charge is 2.33. The van der Waals surface area contributed by atoms with Crippen LogP contribution in [-0.4, -0.2) is 17.0 Å². The maximum atomic E-state index is 10.9. The molecule has 1 aromatic rings. The first kappa shape index (κ1) is 20.9. The maximum Gasteiger partial charge on any atom is 0.129 e. The summed E-state index contributed by atoms with van der Waals surface area (Å²) in [4.78, 5) is 10.9. The fourth-order valence-electron chi connectivity index (χ4n) is 4.24. The van der Waals surface area contributed by atoms with Gasteiger partial charge in [0.1, 0.15) is 5.78 Å². The van der Waals surface area contributed by atoms with Crippen molar-refractivity contribution < 1.29 is 9.90 Å². The molecular formula is C24H36O2. The summed E-state index contributed by atoms with van der Waals surface area (Å²) in [7, 11) is 0. The molecule has 1 saturated carbocycles. The Hall–Kier alpha value is -1.41. The molecule has 0 amide bonds. The van der Waals surface area contributed by atoms with Gasteiger partial charge in [-0.15, -0.1) is 0 Å². The van der Waals surface area contributed by atoms with E-state index in [0.29, 0.717) is 18.3 Å². The zero-order valence-electron chi connectivity index (χ0n) is 16.4. The van der Waals surface area contributed by atoms with E-state index in [1.807, 2.05) is 0 Å². The predicted octanol–water partition coefficient (Wildman–Crippen LogP) is 5.88. The predicted molar refractivity (Wildman–Crippen MR) is 109 cm³/mol. The normalized spacial score (nSPS) is 22.9. The number of carbonyl (C=O) groups is 1. The molecular weight excluding hydrogens is 320 g/mol. The number of ketones is 1. The Morgan fingerprint density at radius 3 is 2.65 bits per heavy atom. The lowest BCUT2D eigenvalue weighted by atomic mass is 9.87. The number of hydrogen-bond donors (Lipinski definition) is 1. The van der Waals surface area contributed by atoms with Gasteiger partial charge in [0, 0.05) is 6.42 Å². The van der Waals surface area contributed by atoms with Gasteiger partial charge >= 0.3 is 0 Å². The summed E-state index contributed by atoms with van der Waals surface area (Å²) in [5, 5.41) is 10.3. The van der Waals surface area contributed by atoms with E-state index in [-0.39, 0.29) is 11.9 Å². The fourth-order valence-corrected chi connectivity index (χ4v) is 4.24. The van der Waals surface area contributed by atoms with E-state index in [1.165, 1.54) is 37.7 Å². The van der Waals surface area contributed by atoms with Crippen LogP contribution in [0.25, 0.3) is 0 Å². The van der Waals surface area contributed by atoms with Crippen molar-refractivity contribution in [3.05, 3.63) is 48.0 Å². The van der Waals surface area contributed by atoms with Crippen molar-refractivity contribution in [1.29, 1.82) is 0 Å². The molecule has 26 heavy (non-hydrogen) atoms. The van der Waals surface area contributed by atoms with Crippen LogP contribution in [-0.2, 0) is 11.2 Å². The Kier molecular flexibility index (Phi) is 9.70. The first-order chi connectivity index (χ1) is 12.7. The summed E-state index contributed by atoms with van der Waals surface area (Å²) in [6.45, 7) is 1.66. The van der Waals surface area contributed by atoms with Crippen molar-refractivity contribution in [2.75, 3.05) is 0 Å². The molecule has 1 aromatic carbocycles. The quantitative estimate of drug-likeness (QED) is 0.375. The summed E-state index contributed by atoms with van der Waals surface area (Å²) >= 11 is 0. The molecule has 0 radical (unpaired) electrons. The third-order valence-corrected chi connectivity index (χ3v) is 5.78. The summed E-state index contributed by atoms with van der Waals surface area (Å²) in [6, 6.07) is 10.7. The monoisotopic (exact) mass is 356 g/mol. The molecule has 0 saturated heterocycles. The second-order valence-corrected chi connectivity index (χ2v) is 7.95. The molecule has 2 heteroatoms. The molecule has 1 fully saturated rings. The second-order valence-electron chi connectivity index (χ2n) is 7.95. The highest BCUT2D eigenvalue weighted by atomic mass is 16.3. The smallest absolute Gasteiger partial charge is 0.129 e. The highest BCUT2D eigenvalue weighted by Crippen LogP contribution is 2.38. The third-order valence-electron chi connectivity index (χ3n) is 5.78. The SMILES string of the molecule is CC(=O)CCC/C=C\C[C@H]1CCC(O)[C@@H]1CCCCCc1ccccc1. The van der Waals surface area contributed by atoms with Crippen molar-refractivity contribution in [2.45, 2.75) is 83.7 Å². The Labute approximate surface area is 159 Å². The molecule has 2 nitrogen and oxygen atoms in total. The standard InChI is InChI=1S/C24H36O2/c1-20(25)12-6-2-3-10-16-22-18-19-24(26)23(22)17-11-5-9-15-21-13-7-4-8-14-21/h3-4,7-8,10,13-14,22-24,26H,2,5-6,9,11-12,15-19H2,1H3/b10-3-/t22-,23+,24?/m0/s1. The van der Waals surface area contributed by atoms with Gasteiger partial charge < -0.3 is 9.90 Å². The number of aryl methyl sites for hydroxylation is 1. The summed E-state index contributed by atoms with van der Waals surface area (Å²) in [6.07, 6.45) is 16.3. The van der Waals surface area contributed by atoms with Gasteiger partial charge in [-0.05, 0) is 75.7 Å². The van der Waals surface area contributed by atoms with Crippen molar-refractivity contribution in [1.82, 2.24) is 0 Å². The molecule has 144 valence electrons. The van der Waals surface area contributed by atoms with E-state index in [2.05, 4.69) is 42.5 Å². The summed E-state index contributed by atoms with van der Waals surface area (Å²) < 4.78 is 0. The van der Waals surface area contributed by atoms with Crippen molar-refractivity contribution in [2.24, 2.45) is 11.8 Å². The van der Waals surface area contributed by atoms with Crippen LogP contribution in [0.3, 0.4) is 0 Å². The topological polar surface area (TPSA) is 37.3 Å². The number of allylic oxidation sites excluding steroid dienone is 2. The third kappa shape index (κ3) is 7.86. The molecule has 0 bridgehead atoms. The van der Waals surface area contributed by atoms with Crippen LogP contribution in [0.1, 0.15) is 76.7 Å². The zero-order valence-corrected chi connectivity index (χ0v) is 16.4. The van der Waals surface area contributed by atoms with Crippen molar-refractivity contribution >= 4 is 5.78 Å². The van der Waals surface area contributed by atoms with Gasteiger partial charge in [0.25, 0.3) is 0 Å². The van der Waals surface area contributed by atoms with Gasteiger partial charge in [0.05, 0.1) is 6.10 Å². The fraction of sp³-hybridized carbons (Fsp3) is 0.625. The van der Waals surface area contributed by atoms with E-state index in [0.717, 1.165) is 32.1 Å². The lowest BCUT2D eigenvalue weighted by molar-refractivity contribution is -0.117. The first-order valence-electron chi connectivity index (χ1n) is 10.5. The van der Waals surface area contributed by atoms with E-state index in [1.54, 1.807) is 6.92 Å². The Balaban J connectivity index is 1.61. The molecule has 1 N–H and O–H groups in total. The molecule has 0 aromatic heterocycles. The molecule has 2 rings (SSSR count). The number of aliphatic hydroxyl groups is 1. The average molecular weight is 357 g/mol. The minimum Gasteiger partial charge on any atom is -0.393 e. The Bertz CT molecular complexity index is 534. The van der Waals surface area contributed by atoms with Crippen LogP contribution < -0.4 is 0 Å². The van der Waals surface area contributed by atoms with Gasteiger partial charge in [0.15, 0.2) is 0 Å². The number of aliphatic hydroxyl groups excluding tert-OH is 1. The van der Waals surface area contributed by atoms with Crippen LogP contribution in [0.5, 0.6) is 0 Å². The van der Waals surface area contributed by atoms with E-state index in [9.17, 15) is 9.90 Å². The zero-order chi connectivity index (χ0) is 18.6. The molecule has 1 unspecified atom stereocenters. The second kappa shape index (κ2) is 12.1. The van der Waals surface area contributed by atoms with Crippen LogP contribution in [0, 0.1) is 11.8 Å². The van der Waals surface area contributed by atoms with Gasteiger partial charge in [-0.25, -0.2) is 0 Å². The van der Waals surface area contributed by atoms with Crippen molar-refractivity contribution in [3.63, 3.8) is 0 Å². The average Bonchev–Trinajstić information content (AvgIpc) is 2.98. The maximum absolute atomic E-state index is 10.9. The van der Waals surface area contributed by atoms with Crippen LogP contribution in [0.4, 0.5) is 0 Å². The first-order valence-corrected chi connectivity index (χ1v) is 10.5. The summed E-state index contributed by atoms with van der Waals surface area (Å²) in [5.41, 5.74) is 1.43. The van der Waals surface area contributed by atoms with E-state index < -0.39 is 0 Å². The molecule has 1 aliphatic rings. The molecule has 1 aliphatic carbocycles. The van der Waals surface area contributed by atoms with E-state index in [4.69, 9.17) is 0 Å². The van der Waals surface area contributed by atoms with Crippen LogP contribution in [0.15, 0.2) is 42.5 Å². The number of rotatable bonds is 12. The van der Waals surface area contributed by atoms with Gasteiger partial charge in [-0.2, -0.15) is 0 Å². The number of unbranched alkanes of at least 4 members (excludes halogenated alkanes) is 3. The van der Waals surface area contributed by atoms with Gasteiger partial charge in [-0.3, -0.25) is 0 Å². The lowest BCUT2D eigenvalue weighted by Crippen LogP contribution is -2.18. The molecule has 3 atom stereocenters. The summed E-state index contributed by atoms with van der Waals surface area (Å²) in [5.74, 6) is 1.40. The van der Waals surface area contributed by atoms with Gasteiger partial charge in [-0.1, -0.05) is 55.3 Å². The molecule has 0 heterocycles. The van der Waals surface area contributed by atoms with Gasteiger partial charge in [0.2, 0.25) is 0 Å². The highest BCUT2D eigenvalue weighted by molar-refractivity contribution is 5.75. The Morgan fingerprint density at radius 2 is 1.88 bits per heavy atom. The van der Waals surface area contributed by atoms with Crippen LogP contribution >= 0.6 is 0 Å². The number of hydrogen-bond acceptors (Lipinski definition) is 2. The minimum atomic E-state index is -0.0970. The van der Waals surface area contributed by atoms with Crippen molar-refractivity contribution in [3.8, 4) is 0 Å².